The van der Waals surface area contributed by atoms with Gasteiger partial charge in [-0.3, -0.25) is 9.59 Å². The van der Waals surface area contributed by atoms with E-state index in [1.165, 1.54) is 30.3 Å². The van der Waals surface area contributed by atoms with Crippen LogP contribution < -0.4 is 10.2 Å². The second-order valence-electron chi connectivity index (χ2n) is 8.00. The van der Waals surface area contributed by atoms with Crippen LogP contribution in [0.5, 0.6) is 0 Å². The Bertz CT molecular complexity index is 1320. The SMILES string of the molecule is O=C(Nc1ccc(C(=O)N2CCC(F)(F)[C@H](O)c3cc(Cl)ccc32)cn1)c1ccccc1C(F)(F)F. The van der Waals surface area contributed by atoms with Gasteiger partial charge in [0.05, 0.1) is 22.4 Å². The molecule has 0 bridgehead atoms. The van der Waals surface area contributed by atoms with Gasteiger partial charge >= 0.3 is 6.18 Å². The second-order valence-corrected chi connectivity index (χ2v) is 8.44. The lowest BCUT2D eigenvalue weighted by Gasteiger charge is -2.23. The van der Waals surface area contributed by atoms with Crippen LogP contribution in [0.3, 0.4) is 0 Å². The number of nitrogens with zero attached hydrogens (tertiary/aromatic N) is 2. The predicted octanol–water partition coefficient (Wildman–Crippen LogP) is 5.73. The summed E-state index contributed by atoms with van der Waals surface area (Å²) >= 11 is 5.90. The van der Waals surface area contributed by atoms with Crippen LogP contribution in [0.1, 0.15) is 44.4 Å². The minimum Gasteiger partial charge on any atom is -0.382 e. The third-order valence-corrected chi connectivity index (χ3v) is 5.85. The first-order chi connectivity index (χ1) is 16.9. The number of hydrogen-bond donors (Lipinski definition) is 2. The molecule has 1 aliphatic heterocycles. The molecule has 36 heavy (non-hydrogen) atoms. The van der Waals surface area contributed by atoms with Gasteiger partial charge in [-0.05, 0) is 42.5 Å². The molecule has 0 unspecified atom stereocenters. The van der Waals surface area contributed by atoms with Crippen LogP contribution in [-0.2, 0) is 6.18 Å². The lowest BCUT2D eigenvalue weighted by molar-refractivity contribution is -0.137. The van der Waals surface area contributed by atoms with E-state index in [1.807, 2.05) is 0 Å². The molecule has 2 amide bonds. The van der Waals surface area contributed by atoms with Crippen molar-refractivity contribution >= 4 is 34.9 Å². The summed E-state index contributed by atoms with van der Waals surface area (Å²) < 4.78 is 68.3. The van der Waals surface area contributed by atoms with Crippen molar-refractivity contribution in [3.63, 3.8) is 0 Å². The number of fused-ring (bicyclic) bond motifs is 1. The van der Waals surface area contributed by atoms with E-state index in [1.54, 1.807) is 0 Å². The highest BCUT2D eigenvalue weighted by Gasteiger charge is 2.44. The van der Waals surface area contributed by atoms with E-state index < -0.39 is 54.1 Å². The van der Waals surface area contributed by atoms with E-state index in [9.17, 15) is 36.6 Å². The first-order valence-corrected chi connectivity index (χ1v) is 10.9. The summed E-state index contributed by atoms with van der Waals surface area (Å²) in [5, 5.41) is 12.5. The molecule has 1 aromatic heterocycles. The van der Waals surface area contributed by atoms with Crippen molar-refractivity contribution < 1.29 is 36.6 Å². The Balaban J connectivity index is 1.57. The summed E-state index contributed by atoms with van der Waals surface area (Å²) in [4.78, 5) is 30.5. The highest BCUT2D eigenvalue weighted by Crippen LogP contribution is 2.43. The standard InChI is InChI=1S/C24H17ClF5N3O3/c25-14-6-7-18-16(11-14)20(34)23(26,27)9-10-33(18)22(36)13-5-8-19(31-12-13)32-21(35)15-3-1-2-4-17(15)24(28,29)30/h1-8,11-12,20,34H,9-10H2,(H,31,32,35)/t20-/m1/s1. The van der Waals surface area contributed by atoms with Crippen molar-refractivity contribution in [3.05, 3.63) is 88.1 Å². The molecule has 12 heteroatoms. The van der Waals surface area contributed by atoms with Crippen molar-refractivity contribution in [2.45, 2.75) is 24.6 Å². The quantitative estimate of drug-likeness (QED) is 0.428. The number of benzene rings is 2. The molecule has 3 aromatic rings. The summed E-state index contributed by atoms with van der Waals surface area (Å²) in [6, 6.07) is 10.6. The number of hydrogen-bond acceptors (Lipinski definition) is 4. The maximum atomic E-state index is 14.4. The average Bonchev–Trinajstić information content (AvgIpc) is 2.93. The minimum atomic E-state index is -4.74. The molecule has 1 aliphatic rings. The Kier molecular flexibility index (Phi) is 6.72. The lowest BCUT2D eigenvalue weighted by atomic mass is 10.0. The summed E-state index contributed by atoms with van der Waals surface area (Å²) in [5.74, 6) is -5.40. The molecule has 4 rings (SSSR count). The molecule has 2 heterocycles. The number of halogens is 6. The van der Waals surface area contributed by atoms with Crippen LogP contribution in [0.25, 0.3) is 0 Å². The molecule has 6 nitrogen and oxygen atoms in total. The predicted molar refractivity (Wildman–Crippen MR) is 121 cm³/mol. The summed E-state index contributed by atoms with van der Waals surface area (Å²) in [6.45, 7) is -0.412. The maximum absolute atomic E-state index is 14.4. The van der Waals surface area contributed by atoms with Gasteiger partial charge in [0.15, 0.2) is 0 Å². The third-order valence-electron chi connectivity index (χ3n) is 5.62. The summed E-state index contributed by atoms with van der Waals surface area (Å²) in [5.41, 5.74) is -1.92. The Labute approximate surface area is 206 Å². The number of nitrogens with one attached hydrogen (secondary N) is 1. The highest BCUT2D eigenvalue weighted by molar-refractivity contribution is 6.30. The van der Waals surface area contributed by atoms with Crippen molar-refractivity contribution in [2.75, 3.05) is 16.8 Å². The molecule has 0 saturated heterocycles. The number of aliphatic hydroxyl groups is 1. The Morgan fingerprint density at radius 1 is 1.11 bits per heavy atom. The first-order valence-electron chi connectivity index (χ1n) is 10.5. The van der Waals surface area contributed by atoms with Gasteiger partial charge < -0.3 is 15.3 Å². The fraction of sp³-hybridized carbons (Fsp3) is 0.208. The molecule has 2 aromatic carbocycles. The highest BCUT2D eigenvalue weighted by atomic mass is 35.5. The van der Waals surface area contributed by atoms with Gasteiger partial charge in [0, 0.05) is 29.7 Å². The Morgan fingerprint density at radius 3 is 2.50 bits per heavy atom. The zero-order chi connectivity index (χ0) is 26.3. The van der Waals surface area contributed by atoms with Crippen molar-refractivity contribution in [1.82, 2.24) is 4.98 Å². The van der Waals surface area contributed by atoms with Crippen molar-refractivity contribution in [3.8, 4) is 0 Å². The first kappa shape index (κ1) is 25.5. The van der Waals surface area contributed by atoms with Crippen LogP contribution in [0.15, 0.2) is 60.8 Å². The van der Waals surface area contributed by atoms with E-state index in [0.29, 0.717) is 0 Å². The van der Waals surface area contributed by atoms with Crippen LogP contribution in [0.2, 0.25) is 5.02 Å². The van der Waals surface area contributed by atoms with Gasteiger partial charge in [0.1, 0.15) is 11.9 Å². The molecule has 0 aliphatic carbocycles. The van der Waals surface area contributed by atoms with Crippen LogP contribution >= 0.6 is 11.6 Å². The Morgan fingerprint density at radius 2 is 1.83 bits per heavy atom. The van der Waals surface area contributed by atoms with Crippen LogP contribution in [0, 0.1) is 0 Å². The van der Waals surface area contributed by atoms with Crippen LogP contribution in [0.4, 0.5) is 33.5 Å². The Hall–Kier alpha value is -3.57. The topological polar surface area (TPSA) is 82.5 Å². The van der Waals surface area contributed by atoms with Gasteiger partial charge in [-0.25, -0.2) is 13.8 Å². The molecule has 0 radical (unpaired) electrons. The third kappa shape index (κ3) is 5.02. The number of aromatic nitrogens is 1. The molecular formula is C24H17ClF5N3O3. The number of anilines is 2. The maximum Gasteiger partial charge on any atom is 0.417 e. The zero-order valence-electron chi connectivity index (χ0n) is 18.2. The molecule has 188 valence electrons. The fourth-order valence-electron chi connectivity index (χ4n) is 3.81. The van der Waals surface area contributed by atoms with Crippen LogP contribution in [-0.4, -0.2) is 34.4 Å². The van der Waals surface area contributed by atoms with E-state index in [2.05, 4.69) is 10.3 Å². The summed E-state index contributed by atoms with van der Waals surface area (Å²) in [6.07, 6.45) is -6.66. The number of aliphatic hydroxyl groups excluding tert-OH is 1. The van der Waals surface area contributed by atoms with Gasteiger partial charge in [-0.15, -0.1) is 0 Å². The normalized spacial score (nSPS) is 17.2. The van der Waals surface area contributed by atoms with Gasteiger partial charge in [0.2, 0.25) is 0 Å². The molecular weight excluding hydrogens is 509 g/mol. The fourth-order valence-corrected chi connectivity index (χ4v) is 3.99. The smallest absolute Gasteiger partial charge is 0.382 e. The monoisotopic (exact) mass is 525 g/mol. The molecule has 0 saturated carbocycles. The zero-order valence-corrected chi connectivity index (χ0v) is 18.9. The van der Waals surface area contributed by atoms with Crippen molar-refractivity contribution in [1.29, 1.82) is 0 Å². The number of rotatable bonds is 3. The van der Waals surface area contributed by atoms with E-state index in [4.69, 9.17) is 11.6 Å². The average molecular weight is 526 g/mol. The number of amides is 2. The number of pyridine rings is 1. The molecule has 1 atom stereocenters. The lowest BCUT2D eigenvalue weighted by Crippen LogP contribution is -2.33. The largest absolute Gasteiger partial charge is 0.417 e. The molecule has 0 fully saturated rings. The number of alkyl halides is 5. The number of carbonyl (C=O) groups is 2. The van der Waals surface area contributed by atoms with Gasteiger partial charge in [-0.1, -0.05) is 23.7 Å². The van der Waals surface area contributed by atoms with E-state index in [0.717, 1.165) is 35.4 Å². The summed E-state index contributed by atoms with van der Waals surface area (Å²) in [7, 11) is 0. The number of carbonyl (C=O) groups excluding carboxylic acids is 2. The van der Waals surface area contributed by atoms with Gasteiger partial charge in [0.25, 0.3) is 17.7 Å². The molecule has 0 spiro atoms. The van der Waals surface area contributed by atoms with E-state index >= 15 is 0 Å². The van der Waals surface area contributed by atoms with Crippen molar-refractivity contribution in [2.24, 2.45) is 0 Å². The molecule has 2 N–H and O–H groups in total. The minimum absolute atomic E-state index is 0.0377. The van der Waals surface area contributed by atoms with Gasteiger partial charge in [-0.2, -0.15) is 13.2 Å². The van der Waals surface area contributed by atoms with E-state index in [-0.39, 0.29) is 27.7 Å². The second kappa shape index (κ2) is 9.47.